The Morgan fingerprint density at radius 2 is 1.71 bits per heavy atom. The van der Waals surface area contributed by atoms with Crippen LogP contribution >= 0.6 is 11.8 Å². The molecule has 0 N–H and O–H groups in total. The summed E-state index contributed by atoms with van der Waals surface area (Å²) in [6, 6.07) is 4.34. The van der Waals surface area contributed by atoms with Crippen LogP contribution in [-0.2, 0) is 10.5 Å². The molecule has 0 bridgehead atoms. The summed E-state index contributed by atoms with van der Waals surface area (Å²) in [6.07, 6.45) is 0. The Morgan fingerprint density at radius 3 is 2.14 bits per heavy atom. The van der Waals surface area contributed by atoms with Gasteiger partial charge in [0.15, 0.2) is 5.12 Å². The van der Waals surface area contributed by atoms with Crippen molar-refractivity contribution in [3.05, 3.63) is 34.4 Å². The van der Waals surface area contributed by atoms with E-state index in [1.165, 1.54) is 34.0 Å². The highest BCUT2D eigenvalue weighted by atomic mass is 32.2. The number of hydrogen-bond donors (Lipinski definition) is 0. The van der Waals surface area contributed by atoms with Crippen LogP contribution < -0.4 is 0 Å². The van der Waals surface area contributed by atoms with Crippen molar-refractivity contribution in [3.8, 4) is 0 Å². The van der Waals surface area contributed by atoms with Crippen LogP contribution in [0, 0.1) is 20.8 Å². The Hall–Kier alpha value is -0.760. The molecule has 0 spiro atoms. The number of rotatable bonds is 2. The SMILES string of the molecule is CC(=O)SCc1c(C)cc(C)cc1C. The molecular weight excluding hydrogens is 192 g/mol. The van der Waals surface area contributed by atoms with Gasteiger partial charge in [0, 0.05) is 12.7 Å². The van der Waals surface area contributed by atoms with Gasteiger partial charge >= 0.3 is 0 Å². The number of hydrogen-bond acceptors (Lipinski definition) is 2. The lowest BCUT2D eigenvalue weighted by atomic mass is 10.0. The minimum Gasteiger partial charge on any atom is -0.288 e. The summed E-state index contributed by atoms with van der Waals surface area (Å²) >= 11 is 1.38. The minimum absolute atomic E-state index is 0.185. The fourth-order valence-electron chi connectivity index (χ4n) is 1.61. The summed E-state index contributed by atoms with van der Waals surface area (Å²) in [7, 11) is 0. The molecule has 0 aliphatic rings. The maximum absolute atomic E-state index is 10.9. The van der Waals surface area contributed by atoms with Gasteiger partial charge in [-0.25, -0.2) is 0 Å². The van der Waals surface area contributed by atoms with Crippen molar-refractivity contribution >= 4 is 16.9 Å². The summed E-state index contributed by atoms with van der Waals surface area (Å²) in [6.45, 7) is 7.93. The second-order valence-corrected chi connectivity index (χ2v) is 4.81. The molecule has 2 heteroatoms. The molecule has 1 aromatic carbocycles. The highest BCUT2D eigenvalue weighted by Gasteiger charge is 2.05. The molecule has 0 saturated heterocycles. The monoisotopic (exact) mass is 208 g/mol. The molecular formula is C12H16OS. The molecule has 0 heterocycles. The number of carbonyl (C=O) groups excluding carboxylic acids is 1. The van der Waals surface area contributed by atoms with E-state index < -0.39 is 0 Å². The maximum Gasteiger partial charge on any atom is 0.186 e. The predicted octanol–water partition coefficient (Wildman–Crippen LogP) is 3.39. The van der Waals surface area contributed by atoms with Crippen molar-refractivity contribution in [2.45, 2.75) is 33.4 Å². The fourth-order valence-corrected chi connectivity index (χ4v) is 2.41. The molecule has 1 rings (SSSR count). The van der Waals surface area contributed by atoms with Gasteiger partial charge in [-0.2, -0.15) is 0 Å². The van der Waals surface area contributed by atoms with Gasteiger partial charge in [0.2, 0.25) is 0 Å². The van der Waals surface area contributed by atoms with Gasteiger partial charge in [-0.15, -0.1) is 0 Å². The van der Waals surface area contributed by atoms with Gasteiger partial charge < -0.3 is 0 Å². The largest absolute Gasteiger partial charge is 0.288 e. The molecule has 0 unspecified atom stereocenters. The average Bonchev–Trinajstić information content (AvgIpc) is 2.01. The van der Waals surface area contributed by atoms with Gasteiger partial charge in [-0.05, 0) is 37.5 Å². The molecule has 14 heavy (non-hydrogen) atoms. The molecule has 0 fully saturated rings. The lowest BCUT2D eigenvalue weighted by Crippen LogP contribution is -1.94. The zero-order chi connectivity index (χ0) is 10.7. The molecule has 0 amide bonds. The van der Waals surface area contributed by atoms with Crippen LogP contribution in [0.1, 0.15) is 29.2 Å². The van der Waals surface area contributed by atoms with Crippen LogP contribution in [0.2, 0.25) is 0 Å². The highest BCUT2D eigenvalue weighted by Crippen LogP contribution is 2.21. The van der Waals surface area contributed by atoms with Crippen molar-refractivity contribution < 1.29 is 4.79 Å². The maximum atomic E-state index is 10.9. The van der Waals surface area contributed by atoms with Crippen LogP contribution in [0.5, 0.6) is 0 Å². The van der Waals surface area contributed by atoms with E-state index in [9.17, 15) is 4.79 Å². The van der Waals surface area contributed by atoms with E-state index in [0.717, 1.165) is 5.75 Å². The Kier molecular flexibility index (Phi) is 3.76. The highest BCUT2D eigenvalue weighted by molar-refractivity contribution is 8.12. The van der Waals surface area contributed by atoms with E-state index >= 15 is 0 Å². The van der Waals surface area contributed by atoms with Gasteiger partial charge in [0.1, 0.15) is 0 Å². The predicted molar refractivity (Wildman–Crippen MR) is 62.6 cm³/mol. The molecule has 0 atom stereocenters. The third-order valence-electron chi connectivity index (χ3n) is 2.26. The fraction of sp³-hybridized carbons (Fsp3) is 0.417. The standard InChI is InChI=1S/C12H16OS/c1-8-5-9(2)12(10(3)6-8)7-14-11(4)13/h5-6H,7H2,1-4H3. The molecule has 1 nitrogen and oxygen atoms in total. The van der Waals surface area contributed by atoms with E-state index in [-0.39, 0.29) is 5.12 Å². The quantitative estimate of drug-likeness (QED) is 0.741. The zero-order valence-corrected chi connectivity index (χ0v) is 9.99. The van der Waals surface area contributed by atoms with E-state index in [2.05, 4.69) is 32.9 Å². The van der Waals surface area contributed by atoms with Gasteiger partial charge in [0.05, 0.1) is 0 Å². The van der Waals surface area contributed by atoms with Gasteiger partial charge in [-0.1, -0.05) is 29.5 Å². The third-order valence-corrected chi connectivity index (χ3v) is 3.10. The summed E-state index contributed by atoms with van der Waals surface area (Å²) < 4.78 is 0. The summed E-state index contributed by atoms with van der Waals surface area (Å²) in [5.41, 5.74) is 5.17. The lowest BCUT2D eigenvalue weighted by Gasteiger charge is -2.09. The Morgan fingerprint density at radius 1 is 1.21 bits per heavy atom. The molecule has 0 radical (unpaired) electrons. The van der Waals surface area contributed by atoms with Crippen LogP contribution in [0.4, 0.5) is 0 Å². The average molecular weight is 208 g/mol. The van der Waals surface area contributed by atoms with Gasteiger partial charge in [0.25, 0.3) is 0 Å². The van der Waals surface area contributed by atoms with E-state index in [1.807, 2.05) is 0 Å². The first-order valence-corrected chi connectivity index (χ1v) is 5.69. The molecule has 76 valence electrons. The summed E-state index contributed by atoms with van der Waals surface area (Å²) in [5, 5.41) is 0.185. The lowest BCUT2D eigenvalue weighted by molar-refractivity contribution is -0.109. The van der Waals surface area contributed by atoms with E-state index in [4.69, 9.17) is 0 Å². The Bertz CT molecular complexity index is 332. The Balaban J connectivity index is 2.91. The third kappa shape index (κ3) is 2.88. The molecule has 0 aliphatic carbocycles. The van der Waals surface area contributed by atoms with E-state index in [1.54, 1.807) is 6.92 Å². The first kappa shape index (κ1) is 11.3. The summed E-state index contributed by atoms with van der Waals surface area (Å²) in [4.78, 5) is 10.9. The summed E-state index contributed by atoms with van der Waals surface area (Å²) in [5.74, 6) is 0.799. The van der Waals surface area contributed by atoms with E-state index in [0.29, 0.717) is 0 Å². The van der Waals surface area contributed by atoms with Crippen molar-refractivity contribution in [1.29, 1.82) is 0 Å². The van der Waals surface area contributed by atoms with Crippen LogP contribution in [-0.4, -0.2) is 5.12 Å². The smallest absolute Gasteiger partial charge is 0.186 e. The second kappa shape index (κ2) is 4.65. The van der Waals surface area contributed by atoms with Crippen molar-refractivity contribution in [3.63, 3.8) is 0 Å². The van der Waals surface area contributed by atoms with Crippen LogP contribution in [0.25, 0.3) is 0 Å². The first-order chi connectivity index (χ1) is 6.50. The van der Waals surface area contributed by atoms with Gasteiger partial charge in [-0.3, -0.25) is 4.79 Å². The van der Waals surface area contributed by atoms with Crippen molar-refractivity contribution in [2.75, 3.05) is 0 Å². The number of benzene rings is 1. The normalized spacial score (nSPS) is 10.3. The molecule has 0 aliphatic heterocycles. The van der Waals surface area contributed by atoms with Crippen molar-refractivity contribution in [2.24, 2.45) is 0 Å². The molecule has 1 aromatic rings. The first-order valence-electron chi connectivity index (χ1n) is 4.71. The number of carbonyl (C=O) groups is 1. The second-order valence-electron chi connectivity index (χ2n) is 3.66. The number of thioether (sulfide) groups is 1. The van der Waals surface area contributed by atoms with Crippen LogP contribution in [0.15, 0.2) is 12.1 Å². The zero-order valence-electron chi connectivity index (χ0n) is 9.18. The number of aryl methyl sites for hydroxylation is 3. The topological polar surface area (TPSA) is 17.1 Å². The minimum atomic E-state index is 0.185. The van der Waals surface area contributed by atoms with Crippen LogP contribution in [0.3, 0.4) is 0 Å². The van der Waals surface area contributed by atoms with Crippen molar-refractivity contribution in [1.82, 2.24) is 0 Å². The molecule has 0 aromatic heterocycles. The molecule has 0 saturated carbocycles. The Labute approximate surface area is 89.9 Å².